The normalized spacial score (nSPS) is 20.4. The van der Waals surface area contributed by atoms with E-state index in [1.54, 1.807) is 0 Å². The topological polar surface area (TPSA) is 40.5 Å². The van der Waals surface area contributed by atoms with Crippen LogP contribution in [0.1, 0.15) is 35.2 Å². The van der Waals surface area contributed by atoms with E-state index >= 15 is 0 Å². The molecule has 0 aromatic heterocycles. The Hall–Kier alpha value is -1.35. The number of hydrogen-bond donors (Lipinski definition) is 1. The van der Waals surface area contributed by atoms with Crippen LogP contribution < -0.4 is 0 Å². The first-order valence-electron chi connectivity index (χ1n) is 6.21. The van der Waals surface area contributed by atoms with E-state index in [4.69, 9.17) is 0 Å². The Labute approximate surface area is 102 Å². The lowest BCUT2D eigenvalue weighted by molar-refractivity contribution is 0.0502. The average Bonchev–Trinajstić information content (AvgIpc) is 2.38. The summed E-state index contributed by atoms with van der Waals surface area (Å²) in [6.45, 7) is 2.78. The maximum absolute atomic E-state index is 12.4. The molecule has 1 amide bonds. The van der Waals surface area contributed by atoms with Crippen LogP contribution in [0.5, 0.6) is 0 Å². The minimum atomic E-state index is -0.00384. The molecular formula is C14H19NO2. The van der Waals surface area contributed by atoms with Gasteiger partial charge in [-0.25, -0.2) is 0 Å². The molecule has 1 aliphatic rings. The lowest BCUT2D eigenvalue weighted by atomic mass is 10.00. The predicted octanol–water partition coefficient (Wildman–Crippen LogP) is 1.98. The summed E-state index contributed by atoms with van der Waals surface area (Å²) in [6.07, 6.45) is 3.05. The third-order valence-corrected chi connectivity index (χ3v) is 3.47. The number of carbonyl (C=O) groups is 1. The maximum Gasteiger partial charge on any atom is 0.254 e. The number of benzene rings is 1. The number of likely N-dealkylation sites (tertiary alicyclic amines) is 1. The molecular weight excluding hydrogens is 214 g/mol. The van der Waals surface area contributed by atoms with Gasteiger partial charge in [0.25, 0.3) is 5.91 Å². The molecule has 1 fully saturated rings. The molecule has 1 saturated heterocycles. The summed E-state index contributed by atoms with van der Waals surface area (Å²) in [5, 5.41) is 9.33. The number of rotatable bonds is 2. The van der Waals surface area contributed by atoms with Gasteiger partial charge in [-0.3, -0.25) is 4.79 Å². The second-order valence-electron chi connectivity index (χ2n) is 4.65. The zero-order valence-electron chi connectivity index (χ0n) is 10.2. The van der Waals surface area contributed by atoms with Gasteiger partial charge in [0.1, 0.15) is 0 Å². The van der Waals surface area contributed by atoms with Crippen molar-refractivity contribution in [2.45, 2.75) is 32.2 Å². The van der Waals surface area contributed by atoms with Crippen molar-refractivity contribution in [2.24, 2.45) is 0 Å². The van der Waals surface area contributed by atoms with Crippen LogP contribution in [-0.2, 0) is 0 Å². The van der Waals surface area contributed by atoms with Crippen molar-refractivity contribution in [3.05, 3.63) is 35.4 Å². The summed E-state index contributed by atoms with van der Waals surface area (Å²) in [7, 11) is 0. The highest BCUT2D eigenvalue weighted by atomic mass is 16.3. The number of aliphatic hydroxyl groups is 1. The summed E-state index contributed by atoms with van der Waals surface area (Å²) < 4.78 is 0. The first-order chi connectivity index (χ1) is 8.24. The highest BCUT2D eigenvalue weighted by Gasteiger charge is 2.27. The Bertz CT molecular complexity index is 403. The van der Waals surface area contributed by atoms with Gasteiger partial charge in [-0.2, -0.15) is 0 Å². The fraction of sp³-hybridized carbons (Fsp3) is 0.500. The molecule has 17 heavy (non-hydrogen) atoms. The van der Waals surface area contributed by atoms with E-state index in [1.807, 2.05) is 36.1 Å². The van der Waals surface area contributed by atoms with Crippen molar-refractivity contribution < 1.29 is 9.90 Å². The van der Waals surface area contributed by atoms with Gasteiger partial charge in [0.2, 0.25) is 0 Å². The lowest BCUT2D eigenvalue weighted by Crippen LogP contribution is -2.45. The second-order valence-corrected chi connectivity index (χ2v) is 4.65. The van der Waals surface area contributed by atoms with E-state index in [9.17, 15) is 9.90 Å². The van der Waals surface area contributed by atoms with Gasteiger partial charge in [-0.15, -0.1) is 0 Å². The zero-order chi connectivity index (χ0) is 12.3. The number of carbonyl (C=O) groups excluding carboxylic acids is 1. The van der Waals surface area contributed by atoms with Crippen molar-refractivity contribution in [1.29, 1.82) is 0 Å². The number of aryl methyl sites for hydroxylation is 1. The smallest absolute Gasteiger partial charge is 0.254 e. The fourth-order valence-electron chi connectivity index (χ4n) is 2.43. The molecule has 92 valence electrons. The SMILES string of the molecule is Cc1ccccc1C(=O)N1CCCCC1CO. The Balaban J connectivity index is 2.21. The summed E-state index contributed by atoms with van der Waals surface area (Å²) in [5.74, 6) is 0.0573. The van der Waals surface area contributed by atoms with E-state index in [-0.39, 0.29) is 18.6 Å². The van der Waals surface area contributed by atoms with E-state index in [1.165, 1.54) is 0 Å². The summed E-state index contributed by atoms with van der Waals surface area (Å²) >= 11 is 0. The first-order valence-corrected chi connectivity index (χ1v) is 6.21. The second kappa shape index (κ2) is 5.32. The number of hydrogen-bond acceptors (Lipinski definition) is 2. The predicted molar refractivity (Wildman–Crippen MR) is 66.9 cm³/mol. The molecule has 3 nitrogen and oxygen atoms in total. The minimum Gasteiger partial charge on any atom is -0.394 e. The molecule has 1 aromatic rings. The number of amides is 1. The van der Waals surface area contributed by atoms with E-state index in [0.29, 0.717) is 0 Å². The van der Waals surface area contributed by atoms with Crippen molar-refractivity contribution in [3.63, 3.8) is 0 Å². The quantitative estimate of drug-likeness (QED) is 0.848. The van der Waals surface area contributed by atoms with Gasteiger partial charge in [-0.1, -0.05) is 18.2 Å². The minimum absolute atomic E-state index is 0.00384. The molecule has 3 heteroatoms. The molecule has 0 aliphatic carbocycles. The van der Waals surface area contributed by atoms with Gasteiger partial charge in [0.15, 0.2) is 0 Å². The first kappa shape index (κ1) is 12.1. The summed E-state index contributed by atoms with van der Waals surface area (Å²) in [4.78, 5) is 14.2. The molecule has 0 saturated carbocycles. The van der Waals surface area contributed by atoms with Crippen molar-refractivity contribution in [3.8, 4) is 0 Å². The largest absolute Gasteiger partial charge is 0.394 e. The molecule has 1 heterocycles. The third kappa shape index (κ3) is 2.50. The van der Waals surface area contributed by atoms with Crippen LogP contribution in [-0.4, -0.2) is 35.1 Å². The van der Waals surface area contributed by atoms with Gasteiger partial charge in [0, 0.05) is 12.1 Å². The van der Waals surface area contributed by atoms with Crippen LogP contribution in [0, 0.1) is 6.92 Å². The highest BCUT2D eigenvalue weighted by molar-refractivity contribution is 5.95. The standard InChI is InChI=1S/C14H19NO2/c1-11-6-2-3-8-13(11)14(17)15-9-5-4-7-12(15)10-16/h2-3,6,8,12,16H,4-5,7,9-10H2,1H3. The molecule has 2 rings (SSSR count). The average molecular weight is 233 g/mol. The Kier molecular flexibility index (Phi) is 3.79. The fourth-order valence-corrected chi connectivity index (χ4v) is 2.43. The van der Waals surface area contributed by atoms with Crippen molar-refractivity contribution in [2.75, 3.05) is 13.2 Å². The Morgan fingerprint density at radius 2 is 2.18 bits per heavy atom. The van der Waals surface area contributed by atoms with Crippen LogP contribution in [0.3, 0.4) is 0 Å². The summed E-state index contributed by atoms with van der Waals surface area (Å²) in [5.41, 5.74) is 1.76. The molecule has 0 spiro atoms. The van der Waals surface area contributed by atoms with Gasteiger partial charge in [-0.05, 0) is 37.8 Å². The number of piperidine rings is 1. The zero-order valence-corrected chi connectivity index (χ0v) is 10.2. The van der Waals surface area contributed by atoms with Gasteiger partial charge >= 0.3 is 0 Å². The molecule has 1 atom stereocenters. The molecule has 1 unspecified atom stereocenters. The molecule has 0 radical (unpaired) electrons. The van der Waals surface area contributed by atoms with Crippen LogP contribution in [0.2, 0.25) is 0 Å². The van der Waals surface area contributed by atoms with Crippen LogP contribution >= 0.6 is 0 Å². The lowest BCUT2D eigenvalue weighted by Gasteiger charge is -2.35. The van der Waals surface area contributed by atoms with E-state index < -0.39 is 0 Å². The van der Waals surface area contributed by atoms with Gasteiger partial charge in [0.05, 0.1) is 12.6 Å². The van der Waals surface area contributed by atoms with Crippen molar-refractivity contribution in [1.82, 2.24) is 4.90 Å². The summed E-state index contributed by atoms with van der Waals surface area (Å²) in [6, 6.07) is 7.63. The van der Waals surface area contributed by atoms with Crippen LogP contribution in [0.15, 0.2) is 24.3 Å². The third-order valence-electron chi connectivity index (χ3n) is 3.47. The number of aliphatic hydroxyl groups excluding tert-OH is 1. The molecule has 1 aliphatic heterocycles. The Morgan fingerprint density at radius 3 is 2.88 bits per heavy atom. The van der Waals surface area contributed by atoms with E-state index in [0.717, 1.165) is 36.9 Å². The van der Waals surface area contributed by atoms with Crippen molar-refractivity contribution >= 4 is 5.91 Å². The monoisotopic (exact) mass is 233 g/mol. The number of nitrogens with zero attached hydrogens (tertiary/aromatic N) is 1. The van der Waals surface area contributed by atoms with E-state index in [2.05, 4.69) is 0 Å². The van der Waals surface area contributed by atoms with Crippen LogP contribution in [0.4, 0.5) is 0 Å². The maximum atomic E-state index is 12.4. The molecule has 0 bridgehead atoms. The Morgan fingerprint density at radius 1 is 1.41 bits per heavy atom. The van der Waals surface area contributed by atoms with Gasteiger partial charge < -0.3 is 10.0 Å². The molecule has 1 N–H and O–H groups in total. The molecule has 1 aromatic carbocycles. The highest BCUT2D eigenvalue weighted by Crippen LogP contribution is 2.20. The van der Waals surface area contributed by atoms with Crippen LogP contribution in [0.25, 0.3) is 0 Å².